The van der Waals surface area contributed by atoms with E-state index in [2.05, 4.69) is 73.9 Å². The van der Waals surface area contributed by atoms with Gasteiger partial charge in [-0.3, -0.25) is 20.4 Å². The maximum Gasteiger partial charge on any atom is 0.337 e. The van der Waals surface area contributed by atoms with Gasteiger partial charge in [-0.2, -0.15) is 0 Å². The lowest BCUT2D eigenvalue weighted by Gasteiger charge is -2.19. The third kappa shape index (κ3) is 52.1. The molecule has 0 aromatic heterocycles. The largest absolute Gasteiger partial charge is 0.490 e. The first-order valence-corrected chi connectivity index (χ1v) is 46.6. The Labute approximate surface area is 678 Å². The van der Waals surface area contributed by atoms with E-state index in [0.717, 1.165) is 103 Å². The van der Waals surface area contributed by atoms with Crippen LogP contribution < -0.4 is 60.8 Å². The predicted octanol–water partition coefficient (Wildman–Crippen LogP) is 28.7. The number of unbranched alkanes of at least 4 members (excludes halogenated alkanes) is 54. The zero-order valence-corrected chi connectivity index (χ0v) is 72.3. The molecule has 6 amide bonds. The van der Waals surface area contributed by atoms with Gasteiger partial charge in [-0.25, -0.2) is 20.4 Å². The number of urea groups is 2. The van der Waals surface area contributed by atoms with E-state index >= 15 is 0 Å². The number of rotatable bonds is 76. The van der Waals surface area contributed by atoms with Crippen LogP contribution in [-0.2, 0) is 0 Å². The Morgan fingerprint density at radius 2 is 0.423 bits per heavy atom. The summed E-state index contributed by atoms with van der Waals surface area (Å²) >= 11 is 0. The summed E-state index contributed by atoms with van der Waals surface area (Å²) in [7, 11) is 0. The minimum absolute atomic E-state index is 0.251. The van der Waals surface area contributed by atoms with Crippen molar-refractivity contribution in [3.8, 4) is 34.5 Å². The summed E-state index contributed by atoms with van der Waals surface area (Å²) in [4.78, 5) is 55.9. The topological polar surface area (TPSA) is 196 Å². The first-order valence-electron chi connectivity index (χ1n) is 46.6. The first-order chi connectivity index (χ1) is 54.6. The van der Waals surface area contributed by atoms with Crippen molar-refractivity contribution in [1.29, 1.82) is 0 Å². The Kier molecular flexibility index (Phi) is 64.0. The lowest BCUT2D eigenvalue weighted by atomic mass is 10.1. The maximum absolute atomic E-state index is 14.2. The lowest BCUT2D eigenvalue weighted by Crippen LogP contribution is -2.44. The molecule has 0 radical (unpaired) electrons. The molecular formula is C95H166N6O10. The van der Waals surface area contributed by atoms with Gasteiger partial charge in [0.05, 0.1) is 39.6 Å². The minimum atomic E-state index is -0.708. The standard InChI is InChI=1S/C95H166N6O10/c1-8-14-20-26-32-38-44-50-56-62-71-106-86-77-82(78-87(107-72-63-57-51-45-39-33-27-21-15-9-2)90(86)110-75-66-60-54-48-42-36-30-24-18-12-5)92(102)98-100-94(104)96-84-69-68-70-85(81(84)7)97-95(105)101-99-93(103)83-79-88(108-73-64-58-52-46-40-34-28-22-16-10-3)91(111-76-67-61-55-49-43-37-31-25-19-13-6)89(80-83)109-74-65-59-53-47-41-35-29-23-17-11-4/h68-70,77-80H,8-67,71-76H2,1-7H3,(H,98,102)(H,99,103)(H2,96,100,104)(H2,97,101,105). The summed E-state index contributed by atoms with van der Waals surface area (Å²) in [6.45, 7) is 18.2. The third-order valence-corrected chi connectivity index (χ3v) is 21.5. The Balaban J connectivity index is 1.79. The number of hydrogen-bond donors (Lipinski definition) is 6. The van der Waals surface area contributed by atoms with Crippen LogP contribution in [0.3, 0.4) is 0 Å². The summed E-state index contributed by atoms with van der Waals surface area (Å²) in [5.41, 5.74) is 12.1. The Morgan fingerprint density at radius 3 is 0.622 bits per heavy atom. The molecule has 16 nitrogen and oxygen atoms in total. The second-order valence-electron chi connectivity index (χ2n) is 31.8. The van der Waals surface area contributed by atoms with Crippen molar-refractivity contribution < 1.29 is 47.6 Å². The van der Waals surface area contributed by atoms with Crippen molar-refractivity contribution in [3.63, 3.8) is 0 Å². The summed E-state index contributed by atoms with van der Waals surface area (Å²) < 4.78 is 39.5. The molecule has 3 rings (SSSR count). The fourth-order valence-corrected chi connectivity index (χ4v) is 14.3. The average Bonchev–Trinajstić information content (AvgIpc) is 0.819. The van der Waals surface area contributed by atoms with Gasteiger partial charge in [-0.1, -0.05) is 394 Å². The zero-order chi connectivity index (χ0) is 79.8. The van der Waals surface area contributed by atoms with Gasteiger partial charge < -0.3 is 39.1 Å². The number of nitrogens with one attached hydrogen (secondary N) is 6. The van der Waals surface area contributed by atoms with Crippen LogP contribution in [0, 0.1) is 6.92 Å². The molecule has 636 valence electrons. The van der Waals surface area contributed by atoms with Gasteiger partial charge in [0, 0.05) is 22.5 Å². The maximum atomic E-state index is 14.2. The molecule has 0 saturated carbocycles. The second kappa shape index (κ2) is 71.7. The number of carbonyl (C=O) groups excluding carboxylic acids is 4. The molecule has 0 fully saturated rings. The van der Waals surface area contributed by atoms with E-state index in [4.69, 9.17) is 28.4 Å². The van der Waals surface area contributed by atoms with Gasteiger partial charge in [-0.05, 0) is 87.4 Å². The third-order valence-electron chi connectivity index (χ3n) is 21.5. The zero-order valence-electron chi connectivity index (χ0n) is 72.3. The van der Waals surface area contributed by atoms with E-state index in [1.807, 2.05) is 0 Å². The van der Waals surface area contributed by atoms with Crippen LogP contribution in [0.1, 0.15) is 453 Å². The summed E-state index contributed by atoms with van der Waals surface area (Å²) in [6.07, 6.45) is 72.6. The van der Waals surface area contributed by atoms with Crippen molar-refractivity contribution in [2.45, 2.75) is 434 Å². The summed E-state index contributed by atoms with van der Waals surface area (Å²) in [5, 5.41) is 5.66. The average molecular weight is 1550 g/mol. The van der Waals surface area contributed by atoms with E-state index in [1.54, 1.807) is 49.4 Å². The quantitative estimate of drug-likeness (QED) is 0.0234. The van der Waals surface area contributed by atoms with Gasteiger partial charge >= 0.3 is 12.1 Å². The molecule has 3 aromatic carbocycles. The lowest BCUT2D eigenvalue weighted by molar-refractivity contribution is 0.0930. The second-order valence-corrected chi connectivity index (χ2v) is 31.8. The molecule has 16 heteroatoms. The van der Waals surface area contributed by atoms with E-state index in [1.165, 1.54) is 283 Å². The van der Waals surface area contributed by atoms with Crippen molar-refractivity contribution >= 4 is 35.3 Å². The predicted molar refractivity (Wildman–Crippen MR) is 467 cm³/mol. The summed E-state index contributed by atoms with van der Waals surface area (Å²) in [5.74, 6) is 1.72. The Hall–Kier alpha value is -6.06. The van der Waals surface area contributed by atoms with Crippen LogP contribution in [0.25, 0.3) is 0 Å². The normalized spacial score (nSPS) is 11.2. The number of benzene rings is 3. The Morgan fingerprint density at radius 1 is 0.243 bits per heavy atom. The smallest absolute Gasteiger partial charge is 0.337 e. The molecule has 0 atom stereocenters. The number of hydrogen-bond acceptors (Lipinski definition) is 10. The number of carbonyl (C=O) groups is 4. The highest BCUT2D eigenvalue weighted by Gasteiger charge is 2.23. The molecule has 0 heterocycles. The van der Waals surface area contributed by atoms with Crippen LogP contribution >= 0.6 is 0 Å². The van der Waals surface area contributed by atoms with Gasteiger partial charge in [-0.15, -0.1) is 0 Å². The van der Waals surface area contributed by atoms with Crippen molar-refractivity contribution in [2.24, 2.45) is 0 Å². The molecule has 0 aliphatic heterocycles. The first kappa shape index (κ1) is 99.1. The highest BCUT2D eigenvalue weighted by atomic mass is 16.5. The molecule has 0 aliphatic rings. The van der Waals surface area contributed by atoms with Crippen LogP contribution in [0.5, 0.6) is 34.5 Å². The molecule has 6 N–H and O–H groups in total. The molecule has 0 spiro atoms. The van der Waals surface area contributed by atoms with Crippen molar-refractivity contribution in [1.82, 2.24) is 21.7 Å². The molecule has 0 bridgehead atoms. The number of anilines is 2. The fourth-order valence-electron chi connectivity index (χ4n) is 14.3. The Bertz CT molecular complexity index is 2470. The minimum Gasteiger partial charge on any atom is -0.490 e. The number of hydrazine groups is 2. The van der Waals surface area contributed by atoms with Gasteiger partial charge in [0.25, 0.3) is 11.8 Å². The van der Waals surface area contributed by atoms with Crippen molar-refractivity contribution in [2.75, 3.05) is 50.3 Å². The van der Waals surface area contributed by atoms with E-state index < -0.39 is 23.9 Å². The summed E-state index contributed by atoms with van der Waals surface area (Å²) in [6, 6.07) is 10.5. The molecule has 0 unspecified atom stereocenters. The molecular weight excluding hydrogens is 1390 g/mol. The van der Waals surface area contributed by atoms with E-state index in [0.29, 0.717) is 91.1 Å². The van der Waals surface area contributed by atoms with Crippen LogP contribution in [0.15, 0.2) is 42.5 Å². The molecule has 0 aliphatic carbocycles. The van der Waals surface area contributed by atoms with E-state index in [9.17, 15) is 19.2 Å². The highest BCUT2D eigenvalue weighted by Crippen LogP contribution is 2.42. The molecule has 0 saturated heterocycles. The van der Waals surface area contributed by atoms with Crippen molar-refractivity contribution in [3.05, 3.63) is 59.2 Å². The van der Waals surface area contributed by atoms with Gasteiger partial charge in [0.15, 0.2) is 23.0 Å². The number of ether oxygens (including phenoxy) is 6. The van der Waals surface area contributed by atoms with Gasteiger partial charge in [0.1, 0.15) is 0 Å². The SMILES string of the molecule is CCCCCCCCCCCCOc1cc(C(=O)NNC(=O)Nc2cccc(NC(=O)NNC(=O)c3cc(OCCCCCCCCCCCC)c(OCCCCCCCCCCCC)c(OCCCCCCCCCCCC)c3)c2C)cc(OCCCCCCCCCCCC)c1OCCCCCCCCCCCC. The highest BCUT2D eigenvalue weighted by molar-refractivity contribution is 6.00. The number of amides is 6. The van der Waals surface area contributed by atoms with Crippen LogP contribution in [-0.4, -0.2) is 63.5 Å². The van der Waals surface area contributed by atoms with Gasteiger partial charge in [0.2, 0.25) is 11.5 Å². The molecule has 111 heavy (non-hydrogen) atoms. The van der Waals surface area contributed by atoms with E-state index in [-0.39, 0.29) is 11.1 Å². The van der Waals surface area contributed by atoms with Crippen LogP contribution in [0.2, 0.25) is 0 Å². The van der Waals surface area contributed by atoms with Crippen LogP contribution in [0.4, 0.5) is 21.0 Å². The molecule has 3 aromatic rings. The monoisotopic (exact) mass is 1550 g/mol. The fraction of sp³-hybridized carbons (Fsp3) is 0.768.